The van der Waals surface area contributed by atoms with E-state index in [1.54, 1.807) is 42.6 Å². The van der Waals surface area contributed by atoms with Gasteiger partial charge in [0.1, 0.15) is 0 Å². The molecule has 3 rings (SSSR count). The van der Waals surface area contributed by atoms with Crippen LogP contribution in [0.5, 0.6) is 0 Å². The molecular formula is C18H21N3O4S. The van der Waals surface area contributed by atoms with Gasteiger partial charge >= 0.3 is 5.97 Å². The van der Waals surface area contributed by atoms with Crippen molar-refractivity contribution in [1.29, 1.82) is 0 Å². The quantitative estimate of drug-likeness (QED) is 0.866. The summed E-state index contributed by atoms with van der Waals surface area (Å²) < 4.78 is 27.6. The number of nitrogens with zero attached hydrogens (tertiary/aromatic N) is 3. The van der Waals surface area contributed by atoms with Crippen LogP contribution in [0, 0.1) is 0 Å². The molecule has 1 fully saturated rings. The standard InChI is InChI=1S/C18H21N3O4S/c1-20(2)26(24,25)21-11-5-8-17(21)16-10-9-13(12-19-16)14-6-3-4-7-15(14)18(22)23/h3-4,6-7,9-10,12,17H,5,8,11H2,1-2H3,(H,22,23). The van der Waals surface area contributed by atoms with Crippen LogP contribution in [0.4, 0.5) is 0 Å². The zero-order valence-corrected chi connectivity index (χ0v) is 15.5. The maximum atomic E-state index is 12.5. The second-order valence-corrected chi connectivity index (χ2v) is 8.48. The molecule has 1 aromatic heterocycles. The maximum Gasteiger partial charge on any atom is 0.336 e. The van der Waals surface area contributed by atoms with Crippen LogP contribution >= 0.6 is 0 Å². The summed E-state index contributed by atoms with van der Waals surface area (Å²) in [4.78, 5) is 15.8. The Morgan fingerprint density at radius 3 is 2.58 bits per heavy atom. The number of benzene rings is 1. The molecule has 0 radical (unpaired) electrons. The minimum absolute atomic E-state index is 0.208. The number of aromatic carboxylic acids is 1. The average molecular weight is 375 g/mol. The normalized spacial score (nSPS) is 18.3. The molecule has 0 amide bonds. The third kappa shape index (κ3) is 3.35. The van der Waals surface area contributed by atoms with E-state index in [-0.39, 0.29) is 11.6 Å². The number of hydrogen-bond acceptors (Lipinski definition) is 4. The molecule has 1 N–H and O–H groups in total. The molecule has 2 aromatic rings. The van der Waals surface area contributed by atoms with E-state index in [1.165, 1.54) is 22.7 Å². The first kappa shape index (κ1) is 18.5. The summed E-state index contributed by atoms with van der Waals surface area (Å²) in [6, 6.07) is 10.0. The Morgan fingerprint density at radius 2 is 1.96 bits per heavy atom. The van der Waals surface area contributed by atoms with E-state index in [4.69, 9.17) is 0 Å². The lowest BCUT2D eigenvalue weighted by molar-refractivity contribution is 0.0697. The molecule has 8 heteroatoms. The third-order valence-corrected chi connectivity index (χ3v) is 6.51. The van der Waals surface area contributed by atoms with Crippen LogP contribution in [0.2, 0.25) is 0 Å². The number of pyridine rings is 1. The van der Waals surface area contributed by atoms with Gasteiger partial charge < -0.3 is 5.11 Å². The predicted octanol–water partition coefficient (Wildman–Crippen LogP) is 2.39. The molecule has 138 valence electrons. The number of carbonyl (C=O) groups is 1. The smallest absolute Gasteiger partial charge is 0.336 e. The van der Waals surface area contributed by atoms with Crippen LogP contribution < -0.4 is 0 Å². The molecule has 0 spiro atoms. The summed E-state index contributed by atoms with van der Waals surface area (Å²) in [6.45, 7) is 0.469. The molecule has 0 saturated carbocycles. The van der Waals surface area contributed by atoms with E-state index in [0.29, 0.717) is 29.8 Å². The number of hydrogen-bond donors (Lipinski definition) is 1. The first-order valence-corrected chi connectivity index (χ1v) is 9.70. The summed E-state index contributed by atoms with van der Waals surface area (Å²) in [7, 11) is -0.469. The van der Waals surface area contributed by atoms with Crippen LogP contribution in [0.25, 0.3) is 11.1 Å². The molecule has 0 aliphatic carbocycles. The fraction of sp³-hybridized carbons (Fsp3) is 0.333. The Kier molecular flexibility index (Phi) is 5.08. The number of carboxylic acid groups (broad SMARTS) is 1. The van der Waals surface area contributed by atoms with E-state index in [9.17, 15) is 18.3 Å². The highest BCUT2D eigenvalue weighted by molar-refractivity contribution is 7.86. The molecule has 1 aromatic carbocycles. The van der Waals surface area contributed by atoms with Gasteiger partial charge in [0, 0.05) is 32.4 Å². The van der Waals surface area contributed by atoms with E-state index >= 15 is 0 Å². The first-order valence-electron chi connectivity index (χ1n) is 8.30. The van der Waals surface area contributed by atoms with Gasteiger partial charge in [0.05, 0.1) is 17.3 Å². The lowest BCUT2D eigenvalue weighted by atomic mass is 10.0. The van der Waals surface area contributed by atoms with Crippen molar-refractivity contribution in [2.75, 3.05) is 20.6 Å². The molecular weight excluding hydrogens is 354 g/mol. The summed E-state index contributed by atoms with van der Waals surface area (Å²) in [6.07, 6.45) is 3.10. The second kappa shape index (κ2) is 7.14. The molecule has 7 nitrogen and oxygen atoms in total. The fourth-order valence-corrected chi connectivity index (χ4v) is 4.52. The van der Waals surface area contributed by atoms with Crippen molar-refractivity contribution in [3.8, 4) is 11.1 Å². The van der Waals surface area contributed by atoms with Gasteiger partial charge in [0.2, 0.25) is 0 Å². The van der Waals surface area contributed by atoms with Gasteiger partial charge in [-0.2, -0.15) is 17.0 Å². The highest BCUT2D eigenvalue weighted by Crippen LogP contribution is 2.34. The maximum absolute atomic E-state index is 12.5. The summed E-state index contributed by atoms with van der Waals surface area (Å²) in [5.41, 5.74) is 2.15. The summed E-state index contributed by atoms with van der Waals surface area (Å²) in [5, 5.41) is 9.33. The monoisotopic (exact) mass is 375 g/mol. The van der Waals surface area contributed by atoms with Gasteiger partial charge in [-0.15, -0.1) is 0 Å². The zero-order valence-electron chi connectivity index (χ0n) is 14.7. The van der Waals surface area contributed by atoms with Crippen molar-refractivity contribution in [3.05, 3.63) is 53.9 Å². The van der Waals surface area contributed by atoms with Crippen molar-refractivity contribution in [1.82, 2.24) is 13.6 Å². The van der Waals surface area contributed by atoms with E-state index in [2.05, 4.69) is 4.98 Å². The van der Waals surface area contributed by atoms with E-state index in [0.717, 1.165) is 6.42 Å². The Balaban J connectivity index is 1.92. The lowest BCUT2D eigenvalue weighted by Gasteiger charge is -2.26. The topological polar surface area (TPSA) is 90.8 Å². The molecule has 2 heterocycles. The Morgan fingerprint density at radius 1 is 1.23 bits per heavy atom. The minimum atomic E-state index is -3.51. The van der Waals surface area contributed by atoms with Crippen LogP contribution in [0.1, 0.15) is 34.9 Å². The molecule has 1 aliphatic heterocycles. The first-order chi connectivity index (χ1) is 12.3. The van der Waals surface area contributed by atoms with E-state index < -0.39 is 16.2 Å². The predicted molar refractivity (Wildman–Crippen MR) is 97.9 cm³/mol. The number of carboxylic acids is 1. The van der Waals surface area contributed by atoms with Crippen LogP contribution in [0.15, 0.2) is 42.6 Å². The highest BCUT2D eigenvalue weighted by Gasteiger charge is 2.37. The molecule has 1 aliphatic rings. The summed E-state index contributed by atoms with van der Waals surface area (Å²) >= 11 is 0. The van der Waals surface area contributed by atoms with Gasteiger partial charge in [-0.05, 0) is 30.5 Å². The van der Waals surface area contributed by atoms with Crippen LogP contribution in [-0.4, -0.2) is 53.7 Å². The minimum Gasteiger partial charge on any atom is -0.478 e. The molecule has 1 atom stereocenters. The van der Waals surface area contributed by atoms with E-state index in [1.807, 2.05) is 0 Å². The fourth-order valence-electron chi connectivity index (χ4n) is 3.20. The Bertz CT molecular complexity index is 910. The highest BCUT2D eigenvalue weighted by atomic mass is 32.2. The third-order valence-electron chi connectivity index (χ3n) is 4.56. The van der Waals surface area contributed by atoms with Crippen molar-refractivity contribution in [2.45, 2.75) is 18.9 Å². The number of aromatic nitrogens is 1. The van der Waals surface area contributed by atoms with Gasteiger partial charge in [-0.1, -0.05) is 24.3 Å². The molecule has 1 unspecified atom stereocenters. The van der Waals surface area contributed by atoms with Crippen molar-refractivity contribution in [3.63, 3.8) is 0 Å². The van der Waals surface area contributed by atoms with Gasteiger partial charge in [-0.3, -0.25) is 4.98 Å². The van der Waals surface area contributed by atoms with Gasteiger partial charge in [0.15, 0.2) is 0 Å². The SMILES string of the molecule is CN(C)S(=O)(=O)N1CCCC1c1ccc(-c2ccccc2C(=O)O)cn1. The second-order valence-electron chi connectivity index (χ2n) is 6.38. The van der Waals surface area contributed by atoms with Crippen molar-refractivity contribution < 1.29 is 18.3 Å². The Labute approximate surface area is 153 Å². The molecule has 1 saturated heterocycles. The van der Waals surface area contributed by atoms with Crippen molar-refractivity contribution in [2.24, 2.45) is 0 Å². The number of rotatable bonds is 5. The average Bonchev–Trinajstić information content (AvgIpc) is 3.12. The summed E-state index contributed by atoms with van der Waals surface area (Å²) in [5.74, 6) is -0.997. The lowest BCUT2D eigenvalue weighted by Crippen LogP contribution is -2.39. The molecule has 0 bridgehead atoms. The largest absolute Gasteiger partial charge is 0.478 e. The van der Waals surface area contributed by atoms with Crippen molar-refractivity contribution >= 4 is 16.2 Å². The Hall–Kier alpha value is -2.29. The van der Waals surface area contributed by atoms with Crippen LogP contribution in [-0.2, 0) is 10.2 Å². The van der Waals surface area contributed by atoms with Gasteiger partial charge in [-0.25, -0.2) is 4.79 Å². The van der Waals surface area contributed by atoms with Gasteiger partial charge in [0.25, 0.3) is 10.2 Å². The molecule has 26 heavy (non-hydrogen) atoms. The zero-order chi connectivity index (χ0) is 18.9. The van der Waals surface area contributed by atoms with Crippen LogP contribution in [0.3, 0.4) is 0 Å².